The number of carbonyl (C=O) groups excluding carboxylic acids is 2. The Balaban J connectivity index is 1.36. The predicted octanol–water partition coefficient (Wildman–Crippen LogP) is 3.71. The average molecular weight is 383 g/mol. The van der Waals surface area contributed by atoms with Gasteiger partial charge in [0, 0.05) is 30.4 Å². The number of amides is 2. The first-order valence-electron chi connectivity index (χ1n) is 9.84. The van der Waals surface area contributed by atoms with Gasteiger partial charge < -0.3 is 10.2 Å². The van der Waals surface area contributed by atoms with Crippen LogP contribution in [0.4, 0.5) is 0 Å². The number of thiophene rings is 1. The van der Waals surface area contributed by atoms with Crippen molar-refractivity contribution in [1.82, 2.24) is 10.2 Å². The van der Waals surface area contributed by atoms with Crippen molar-refractivity contribution in [3.8, 4) is 0 Å². The van der Waals surface area contributed by atoms with Gasteiger partial charge in [0.05, 0.1) is 4.88 Å². The highest BCUT2D eigenvalue weighted by atomic mass is 32.1. The Bertz CT molecular complexity index is 834. The lowest BCUT2D eigenvalue weighted by atomic mass is 9.87. The van der Waals surface area contributed by atoms with Crippen molar-refractivity contribution in [3.63, 3.8) is 0 Å². The largest absolute Gasteiger partial charge is 0.352 e. The van der Waals surface area contributed by atoms with Crippen LogP contribution < -0.4 is 5.32 Å². The van der Waals surface area contributed by atoms with Gasteiger partial charge in [-0.2, -0.15) is 0 Å². The topological polar surface area (TPSA) is 49.4 Å². The van der Waals surface area contributed by atoms with E-state index in [2.05, 4.69) is 36.5 Å². The van der Waals surface area contributed by atoms with Crippen LogP contribution in [0.1, 0.15) is 50.5 Å². The number of nitrogens with zero attached hydrogens (tertiary/aromatic N) is 1. The fourth-order valence-electron chi connectivity index (χ4n) is 3.97. The Labute approximate surface area is 164 Å². The van der Waals surface area contributed by atoms with Gasteiger partial charge in [-0.3, -0.25) is 9.59 Å². The zero-order valence-corrected chi connectivity index (χ0v) is 16.6. The molecule has 1 aromatic carbocycles. The molecule has 1 aliphatic heterocycles. The zero-order valence-electron chi connectivity index (χ0n) is 15.8. The van der Waals surface area contributed by atoms with Gasteiger partial charge in [-0.25, -0.2) is 0 Å². The Hall–Kier alpha value is -2.14. The number of fused-ring (bicyclic) bond motifs is 1. The highest BCUT2D eigenvalue weighted by Gasteiger charge is 2.29. The molecule has 2 heterocycles. The van der Waals surface area contributed by atoms with Crippen LogP contribution in [0.2, 0.25) is 0 Å². The van der Waals surface area contributed by atoms with E-state index in [1.54, 1.807) is 11.3 Å². The molecule has 1 N–H and O–H groups in total. The number of hydrogen-bond acceptors (Lipinski definition) is 3. The summed E-state index contributed by atoms with van der Waals surface area (Å²) in [7, 11) is 0. The van der Waals surface area contributed by atoms with Crippen LogP contribution in [-0.2, 0) is 24.2 Å². The Morgan fingerprint density at radius 2 is 1.93 bits per heavy atom. The predicted molar refractivity (Wildman–Crippen MR) is 108 cm³/mol. The fraction of sp³-hybridized carbons (Fsp3) is 0.455. The summed E-state index contributed by atoms with van der Waals surface area (Å²) in [5.41, 5.74) is 3.55. The van der Waals surface area contributed by atoms with E-state index in [1.807, 2.05) is 11.0 Å². The van der Waals surface area contributed by atoms with Gasteiger partial charge in [0.2, 0.25) is 5.91 Å². The van der Waals surface area contributed by atoms with Crippen molar-refractivity contribution < 1.29 is 9.59 Å². The number of hydrogen-bond donors (Lipinski definition) is 1. The maximum Gasteiger partial charge on any atom is 0.263 e. The molecule has 1 saturated heterocycles. The molecule has 4 rings (SSSR count). The number of likely N-dealkylation sites (tertiary alicyclic amines) is 1. The minimum atomic E-state index is 0.00675. The number of aryl methyl sites for hydroxylation is 2. The van der Waals surface area contributed by atoms with E-state index in [0.717, 1.165) is 55.6 Å². The highest BCUT2D eigenvalue weighted by Crippen LogP contribution is 2.33. The molecule has 0 radical (unpaired) electrons. The quantitative estimate of drug-likeness (QED) is 0.876. The lowest BCUT2D eigenvalue weighted by Crippen LogP contribution is -2.33. The molecule has 4 nitrogen and oxygen atoms in total. The summed E-state index contributed by atoms with van der Waals surface area (Å²) >= 11 is 1.63. The third-order valence-corrected chi connectivity index (χ3v) is 6.87. The van der Waals surface area contributed by atoms with Crippen LogP contribution in [0, 0.1) is 12.8 Å². The Kier molecular flexibility index (Phi) is 5.30. The number of nitrogens with one attached hydrogen (secondary N) is 1. The Morgan fingerprint density at radius 3 is 2.67 bits per heavy atom. The van der Waals surface area contributed by atoms with Crippen LogP contribution >= 0.6 is 11.3 Å². The number of benzene rings is 1. The lowest BCUT2D eigenvalue weighted by Gasteiger charge is -2.21. The van der Waals surface area contributed by atoms with Crippen LogP contribution in [0.15, 0.2) is 30.3 Å². The van der Waals surface area contributed by atoms with E-state index >= 15 is 0 Å². The van der Waals surface area contributed by atoms with E-state index in [-0.39, 0.29) is 17.7 Å². The second-order valence-electron chi connectivity index (χ2n) is 7.70. The highest BCUT2D eigenvalue weighted by molar-refractivity contribution is 7.14. The molecule has 1 fully saturated rings. The molecule has 2 aromatic rings. The van der Waals surface area contributed by atoms with E-state index < -0.39 is 0 Å². The Morgan fingerprint density at radius 1 is 1.19 bits per heavy atom. The van der Waals surface area contributed by atoms with Gasteiger partial charge >= 0.3 is 0 Å². The second kappa shape index (κ2) is 7.85. The minimum Gasteiger partial charge on any atom is -0.352 e. The van der Waals surface area contributed by atoms with Gasteiger partial charge in [0.25, 0.3) is 5.91 Å². The van der Waals surface area contributed by atoms with Crippen LogP contribution in [0.3, 0.4) is 0 Å². The number of carbonyl (C=O) groups is 2. The summed E-state index contributed by atoms with van der Waals surface area (Å²) < 4.78 is 0. The monoisotopic (exact) mass is 382 g/mol. The first-order valence-corrected chi connectivity index (χ1v) is 10.7. The molecule has 2 aliphatic rings. The molecule has 1 aromatic heterocycles. The average Bonchev–Trinajstić information content (AvgIpc) is 3.36. The smallest absolute Gasteiger partial charge is 0.263 e. The molecule has 142 valence electrons. The summed E-state index contributed by atoms with van der Waals surface area (Å²) in [5.74, 6) is 0.305. The SMILES string of the molecule is Cc1ccc(CNC(=O)C2CCc3sc(C(=O)N4CCCC4)cc3C2)cc1. The number of rotatable bonds is 4. The fourth-order valence-corrected chi connectivity index (χ4v) is 5.14. The molecule has 27 heavy (non-hydrogen) atoms. The van der Waals surface area contributed by atoms with E-state index in [9.17, 15) is 9.59 Å². The second-order valence-corrected chi connectivity index (χ2v) is 8.84. The summed E-state index contributed by atoms with van der Waals surface area (Å²) in [6, 6.07) is 10.3. The first-order chi connectivity index (χ1) is 13.1. The summed E-state index contributed by atoms with van der Waals surface area (Å²) in [6.45, 7) is 4.40. The maximum atomic E-state index is 12.6. The summed E-state index contributed by atoms with van der Waals surface area (Å²) in [4.78, 5) is 29.3. The van der Waals surface area contributed by atoms with Crippen molar-refractivity contribution >= 4 is 23.2 Å². The molecule has 0 bridgehead atoms. The normalized spacial score (nSPS) is 19.0. The van der Waals surface area contributed by atoms with Gasteiger partial charge in [0.15, 0.2) is 0 Å². The zero-order chi connectivity index (χ0) is 18.8. The third-order valence-electron chi connectivity index (χ3n) is 5.65. The van der Waals surface area contributed by atoms with Gasteiger partial charge in [0.1, 0.15) is 0 Å². The summed E-state index contributed by atoms with van der Waals surface area (Å²) in [6.07, 6.45) is 4.74. The van der Waals surface area contributed by atoms with E-state index in [1.165, 1.54) is 16.0 Å². The van der Waals surface area contributed by atoms with Gasteiger partial charge in [-0.1, -0.05) is 29.8 Å². The summed E-state index contributed by atoms with van der Waals surface area (Å²) in [5, 5.41) is 3.08. The van der Waals surface area contributed by atoms with E-state index in [0.29, 0.717) is 6.54 Å². The van der Waals surface area contributed by atoms with Crippen LogP contribution in [-0.4, -0.2) is 29.8 Å². The molecule has 1 atom stereocenters. The molecular formula is C22H26N2O2S. The first kappa shape index (κ1) is 18.2. The molecule has 2 amide bonds. The molecule has 0 saturated carbocycles. The van der Waals surface area contributed by atoms with Gasteiger partial charge in [-0.05, 0) is 56.2 Å². The van der Waals surface area contributed by atoms with E-state index in [4.69, 9.17) is 0 Å². The standard InChI is InChI=1S/C22H26N2O2S/c1-15-4-6-16(7-5-15)14-23-21(25)17-8-9-19-18(12-17)13-20(27-19)22(26)24-10-2-3-11-24/h4-7,13,17H,2-3,8-12,14H2,1H3,(H,23,25). The molecule has 5 heteroatoms. The molecule has 1 unspecified atom stereocenters. The molecule has 1 aliphatic carbocycles. The van der Waals surface area contributed by atoms with Crippen molar-refractivity contribution in [1.29, 1.82) is 0 Å². The van der Waals surface area contributed by atoms with Crippen molar-refractivity contribution in [2.45, 2.75) is 45.6 Å². The van der Waals surface area contributed by atoms with Crippen molar-refractivity contribution in [2.75, 3.05) is 13.1 Å². The third kappa shape index (κ3) is 4.08. The molecule has 0 spiro atoms. The van der Waals surface area contributed by atoms with Crippen LogP contribution in [0.25, 0.3) is 0 Å². The maximum absolute atomic E-state index is 12.6. The van der Waals surface area contributed by atoms with Crippen LogP contribution in [0.5, 0.6) is 0 Å². The van der Waals surface area contributed by atoms with Crippen molar-refractivity contribution in [2.24, 2.45) is 5.92 Å². The molecular weight excluding hydrogens is 356 g/mol. The minimum absolute atomic E-state index is 0.00675. The van der Waals surface area contributed by atoms with Crippen molar-refractivity contribution in [3.05, 3.63) is 56.8 Å². The van der Waals surface area contributed by atoms with Gasteiger partial charge in [-0.15, -0.1) is 11.3 Å². The lowest BCUT2D eigenvalue weighted by molar-refractivity contribution is -0.125.